The van der Waals surface area contributed by atoms with E-state index in [0.29, 0.717) is 17.6 Å². The summed E-state index contributed by atoms with van der Waals surface area (Å²) in [7, 11) is 1.52. The third-order valence-electron chi connectivity index (χ3n) is 1.10. The van der Waals surface area contributed by atoms with Gasteiger partial charge in [-0.15, -0.1) is 0 Å². The van der Waals surface area contributed by atoms with Gasteiger partial charge in [-0.25, -0.2) is 0 Å². The van der Waals surface area contributed by atoms with Crippen molar-refractivity contribution in [2.24, 2.45) is 4.99 Å². The highest BCUT2D eigenvalue weighted by Gasteiger charge is 1.90. The first kappa shape index (κ1) is 9.49. The number of nitrogens with zero attached hydrogens (tertiary/aromatic N) is 1. The zero-order chi connectivity index (χ0) is 8.69. The lowest BCUT2D eigenvalue weighted by atomic mass is 10.2. The summed E-state index contributed by atoms with van der Waals surface area (Å²) in [4.78, 5) is 13.9. The monoisotopic (exact) mass is 150 g/mol. The Balaban J connectivity index is 4.61. The molecule has 0 aromatic carbocycles. The first-order valence-corrected chi connectivity index (χ1v) is 3.05. The number of aldehydes is 1. The Labute approximate surface area is 65.7 Å². The van der Waals surface area contributed by atoms with Crippen LogP contribution >= 0.6 is 0 Å². The second-order valence-electron chi connectivity index (χ2n) is 1.76. The van der Waals surface area contributed by atoms with Gasteiger partial charge in [-0.2, -0.15) is 0 Å². The molecule has 0 aromatic rings. The Morgan fingerprint density at radius 3 is 2.55 bits per heavy atom. The van der Waals surface area contributed by atoms with Crippen molar-refractivity contribution in [1.82, 2.24) is 0 Å². The van der Waals surface area contributed by atoms with Gasteiger partial charge in [0.15, 0.2) is 6.29 Å². The van der Waals surface area contributed by atoms with Crippen LogP contribution in [0.5, 0.6) is 0 Å². The van der Waals surface area contributed by atoms with Gasteiger partial charge in [-0.1, -0.05) is 12.7 Å². The molecule has 0 fully saturated rings. The van der Waals surface area contributed by atoms with Crippen LogP contribution in [-0.4, -0.2) is 25.3 Å². The predicted molar refractivity (Wildman–Crippen MR) is 46.5 cm³/mol. The van der Waals surface area contributed by atoms with Crippen molar-refractivity contribution in [1.29, 1.82) is 5.41 Å². The zero-order valence-corrected chi connectivity index (χ0v) is 6.37. The molecule has 0 aliphatic rings. The summed E-state index contributed by atoms with van der Waals surface area (Å²) in [5.74, 6) is 0. The summed E-state index contributed by atoms with van der Waals surface area (Å²) in [6.07, 6.45) is 4.73. The van der Waals surface area contributed by atoms with Gasteiger partial charge in [0, 0.05) is 13.3 Å². The number of allylic oxidation sites excluding steroid dienone is 3. The quantitative estimate of drug-likeness (QED) is 0.363. The highest BCUT2D eigenvalue weighted by Crippen LogP contribution is 1.90. The summed E-state index contributed by atoms with van der Waals surface area (Å²) in [6, 6.07) is 0. The Bertz CT molecular complexity index is 216. The van der Waals surface area contributed by atoms with E-state index >= 15 is 0 Å². The number of hydrogen-bond acceptors (Lipinski definition) is 3. The third-order valence-corrected chi connectivity index (χ3v) is 1.10. The maximum Gasteiger partial charge on any atom is 0.167 e. The van der Waals surface area contributed by atoms with Crippen molar-refractivity contribution in [3.8, 4) is 0 Å². The summed E-state index contributed by atoms with van der Waals surface area (Å²) < 4.78 is 0. The lowest BCUT2D eigenvalue weighted by molar-refractivity contribution is -0.102. The zero-order valence-electron chi connectivity index (χ0n) is 6.37. The SMILES string of the molecule is C=C/C(C=N)=C\C(C=O)=NC. The molecule has 3 nitrogen and oxygen atoms in total. The van der Waals surface area contributed by atoms with Crippen molar-refractivity contribution in [2.45, 2.75) is 0 Å². The smallest absolute Gasteiger partial charge is 0.167 e. The molecule has 0 amide bonds. The molecule has 11 heavy (non-hydrogen) atoms. The Kier molecular flexibility index (Phi) is 4.56. The Hall–Kier alpha value is -1.51. The van der Waals surface area contributed by atoms with Crippen molar-refractivity contribution >= 4 is 18.2 Å². The number of nitrogens with one attached hydrogen (secondary N) is 1. The van der Waals surface area contributed by atoms with Crippen LogP contribution in [0.15, 0.2) is 29.3 Å². The summed E-state index contributed by atoms with van der Waals surface area (Å²) in [6.45, 7) is 3.46. The molecule has 0 spiro atoms. The van der Waals surface area contributed by atoms with Crippen molar-refractivity contribution < 1.29 is 4.79 Å². The van der Waals surface area contributed by atoms with E-state index < -0.39 is 0 Å². The molecule has 58 valence electrons. The van der Waals surface area contributed by atoms with E-state index in [-0.39, 0.29) is 0 Å². The molecule has 0 aliphatic carbocycles. The number of hydrogen-bond donors (Lipinski definition) is 1. The second-order valence-corrected chi connectivity index (χ2v) is 1.76. The lowest BCUT2D eigenvalue weighted by Crippen LogP contribution is -1.96. The first-order valence-electron chi connectivity index (χ1n) is 3.05. The molecule has 0 saturated carbocycles. The van der Waals surface area contributed by atoms with Crippen molar-refractivity contribution in [3.05, 3.63) is 24.3 Å². The van der Waals surface area contributed by atoms with Crippen LogP contribution in [0.4, 0.5) is 0 Å². The maximum atomic E-state index is 10.2. The fraction of sp³-hybridized carbons (Fsp3) is 0.125. The third kappa shape index (κ3) is 3.25. The lowest BCUT2D eigenvalue weighted by Gasteiger charge is -1.89. The standard InChI is InChI=1S/C8H10N2O/c1-3-7(5-9)4-8(6-11)10-2/h3-6,9H,1H2,2H3/b7-4+,9-5?,10-8?. The Morgan fingerprint density at radius 2 is 2.27 bits per heavy atom. The Morgan fingerprint density at radius 1 is 1.64 bits per heavy atom. The summed E-state index contributed by atoms with van der Waals surface area (Å²) >= 11 is 0. The van der Waals surface area contributed by atoms with Gasteiger partial charge in [0.2, 0.25) is 0 Å². The van der Waals surface area contributed by atoms with Gasteiger partial charge in [-0.3, -0.25) is 9.79 Å². The molecule has 3 heteroatoms. The van der Waals surface area contributed by atoms with Crippen molar-refractivity contribution in [3.63, 3.8) is 0 Å². The van der Waals surface area contributed by atoms with Gasteiger partial charge in [0.05, 0.1) is 5.71 Å². The second kappa shape index (κ2) is 5.29. The van der Waals surface area contributed by atoms with Crippen LogP contribution in [-0.2, 0) is 4.79 Å². The highest BCUT2D eigenvalue weighted by atomic mass is 16.1. The van der Waals surface area contributed by atoms with Crippen LogP contribution in [0.2, 0.25) is 0 Å². The normalized spacial score (nSPS) is 12.5. The van der Waals surface area contributed by atoms with Crippen LogP contribution in [0.25, 0.3) is 0 Å². The maximum absolute atomic E-state index is 10.2. The number of carbonyl (C=O) groups excluding carboxylic acids is 1. The summed E-state index contributed by atoms with van der Waals surface area (Å²) in [5.41, 5.74) is 0.876. The largest absolute Gasteiger partial charge is 0.308 e. The van der Waals surface area contributed by atoms with E-state index in [9.17, 15) is 4.79 Å². The number of aliphatic imine (C=N–C) groups is 1. The minimum atomic E-state index is 0.309. The van der Waals surface area contributed by atoms with E-state index in [4.69, 9.17) is 5.41 Å². The molecule has 0 heterocycles. The van der Waals surface area contributed by atoms with Crippen LogP contribution in [0.1, 0.15) is 0 Å². The molecule has 0 bridgehead atoms. The molecule has 0 atom stereocenters. The topological polar surface area (TPSA) is 53.3 Å². The van der Waals surface area contributed by atoms with Gasteiger partial charge in [0.1, 0.15) is 0 Å². The number of rotatable bonds is 4. The molecule has 0 unspecified atom stereocenters. The van der Waals surface area contributed by atoms with Gasteiger partial charge in [-0.05, 0) is 11.6 Å². The average molecular weight is 150 g/mol. The summed E-state index contributed by atoms with van der Waals surface area (Å²) in [5, 5.41) is 6.87. The minimum absolute atomic E-state index is 0.309. The molecule has 0 aliphatic heterocycles. The number of carbonyl (C=O) groups is 1. The van der Waals surface area contributed by atoms with E-state index in [1.807, 2.05) is 0 Å². The van der Waals surface area contributed by atoms with E-state index in [2.05, 4.69) is 11.6 Å². The molecular formula is C8H10N2O. The fourth-order valence-corrected chi connectivity index (χ4v) is 0.482. The molecule has 0 aromatic heterocycles. The molecule has 0 saturated heterocycles. The van der Waals surface area contributed by atoms with Gasteiger partial charge < -0.3 is 5.41 Å². The van der Waals surface area contributed by atoms with Crippen LogP contribution in [0, 0.1) is 5.41 Å². The average Bonchev–Trinajstić information content (AvgIpc) is 2.07. The van der Waals surface area contributed by atoms with E-state index in [1.165, 1.54) is 19.2 Å². The molecule has 0 rings (SSSR count). The molecular weight excluding hydrogens is 140 g/mol. The van der Waals surface area contributed by atoms with Gasteiger partial charge in [0.25, 0.3) is 0 Å². The minimum Gasteiger partial charge on any atom is -0.308 e. The van der Waals surface area contributed by atoms with Crippen LogP contribution in [0.3, 0.4) is 0 Å². The molecule has 0 radical (unpaired) electrons. The van der Waals surface area contributed by atoms with E-state index in [0.717, 1.165) is 6.21 Å². The van der Waals surface area contributed by atoms with E-state index in [1.54, 1.807) is 0 Å². The fourth-order valence-electron chi connectivity index (χ4n) is 0.482. The van der Waals surface area contributed by atoms with Gasteiger partial charge >= 0.3 is 0 Å². The predicted octanol–water partition coefficient (Wildman–Crippen LogP) is 1.02. The highest BCUT2D eigenvalue weighted by molar-refractivity contribution is 6.34. The van der Waals surface area contributed by atoms with Crippen molar-refractivity contribution in [2.75, 3.05) is 7.05 Å². The molecule has 1 N–H and O–H groups in total. The van der Waals surface area contributed by atoms with Crippen LogP contribution < -0.4 is 0 Å². The first-order chi connectivity index (χ1) is 5.28.